The minimum atomic E-state index is 0.189. The number of methoxy groups -OCH3 is 1. The third kappa shape index (κ3) is 4.05. The molecule has 1 N–H and O–H groups in total. The first-order chi connectivity index (χ1) is 10.2. The molecule has 2 aromatic rings. The van der Waals surface area contributed by atoms with Gasteiger partial charge in [0.1, 0.15) is 5.75 Å². The van der Waals surface area contributed by atoms with Gasteiger partial charge in [-0.05, 0) is 48.9 Å². The summed E-state index contributed by atoms with van der Waals surface area (Å²) in [4.78, 5) is 4.55. The van der Waals surface area contributed by atoms with Gasteiger partial charge in [-0.15, -0.1) is 0 Å². The zero-order valence-corrected chi connectivity index (χ0v) is 14.3. The Balaban J connectivity index is 2.22. The van der Waals surface area contributed by atoms with Crippen LogP contribution in [-0.4, -0.2) is 19.1 Å². The molecule has 0 amide bonds. The summed E-state index contributed by atoms with van der Waals surface area (Å²) in [5, 5.41) is 3.36. The predicted octanol–water partition coefficient (Wildman–Crippen LogP) is 3.92. The molecule has 3 nitrogen and oxygen atoms in total. The van der Waals surface area contributed by atoms with Crippen molar-refractivity contribution < 1.29 is 4.74 Å². The molecule has 1 aromatic heterocycles. The Bertz CT molecular complexity index is 584. The number of hydrogen-bond donors (Lipinski definition) is 1. The minimum Gasteiger partial charge on any atom is -0.497 e. The third-order valence-electron chi connectivity index (χ3n) is 3.63. The maximum absolute atomic E-state index is 5.32. The van der Waals surface area contributed by atoms with E-state index < -0.39 is 0 Å². The highest BCUT2D eigenvalue weighted by atomic mass is 79.9. The minimum absolute atomic E-state index is 0.189. The van der Waals surface area contributed by atoms with Crippen molar-refractivity contribution in [3.8, 4) is 5.75 Å². The van der Waals surface area contributed by atoms with Gasteiger partial charge < -0.3 is 10.1 Å². The van der Waals surface area contributed by atoms with E-state index in [2.05, 4.69) is 51.4 Å². The van der Waals surface area contributed by atoms with E-state index in [0.29, 0.717) is 0 Å². The zero-order valence-electron chi connectivity index (χ0n) is 12.7. The predicted molar refractivity (Wildman–Crippen MR) is 89.8 cm³/mol. The molecule has 1 unspecified atom stereocenters. The fourth-order valence-corrected chi connectivity index (χ4v) is 2.80. The first-order valence-electron chi connectivity index (χ1n) is 7.12. The number of nitrogens with one attached hydrogen (secondary N) is 1. The van der Waals surface area contributed by atoms with Crippen LogP contribution < -0.4 is 10.1 Å². The van der Waals surface area contributed by atoms with Crippen LogP contribution in [0.4, 0.5) is 0 Å². The van der Waals surface area contributed by atoms with Gasteiger partial charge in [0.05, 0.1) is 7.11 Å². The number of likely N-dealkylation sites (N-methyl/N-ethyl adjacent to an activating group) is 1. The van der Waals surface area contributed by atoms with Crippen molar-refractivity contribution in [2.24, 2.45) is 0 Å². The molecule has 0 aliphatic rings. The van der Waals surface area contributed by atoms with E-state index in [9.17, 15) is 0 Å². The van der Waals surface area contributed by atoms with Crippen molar-refractivity contribution >= 4 is 15.9 Å². The number of pyridine rings is 1. The van der Waals surface area contributed by atoms with Crippen LogP contribution in [0.3, 0.4) is 0 Å². The van der Waals surface area contributed by atoms with E-state index in [1.807, 2.05) is 25.4 Å². The molecule has 0 bridgehead atoms. The molecule has 4 heteroatoms. The highest BCUT2D eigenvalue weighted by Gasteiger charge is 2.15. The summed E-state index contributed by atoms with van der Waals surface area (Å²) in [5.41, 5.74) is 3.53. The lowest BCUT2D eigenvalue weighted by atomic mass is 10.0. The van der Waals surface area contributed by atoms with Crippen molar-refractivity contribution in [2.75, 3.05) is 14.2 Å². The first kappa shape index (κ1) is 16.0. The summed E-state index contributed by atoms with van der Waals surface area (Å²) in [6, 6.07) is 10.5. The number of halogens is 1. The number of ether oxygens (including phenoxy) is 1. The molecule has 1 aromatic carbocycles. The fraction of sp³-hybridized carbons (Fsp3) is 0.353. The van der Waals surface area contributed by atoms with E-state index in [4.69, 9.17) is 4.74 Å². The van der Waals surface area contributed by atoms with Crippen LogP contribution in [0.25, 0.3) is 0 Å². The van der Waals surface area contributed by atoms with E-state index in [1.165, 1.54) is 11.1 Å². The van der Waals surface area contributed by atoms with Crippen molar-refractivity contribution in [1.82, 2.24) is 10.3 Å². The summed E-state index contributed by atoms with van der Waals surface area (Å²) in [6.07, 6.45) is 3.82. The largest absolute Gasteiger partial charge is 0.497 e. The first-order valence-corrected chi connectivity index (χ1v) is 7.91. The van der Waals surface area contributed by atoms with Crippen molar-refractivity contribution in [2.45, 2.75) is 25.8 Å². The molecule has 1 atom stereocenters. The number of hydrogen-bond acceptors (Lipinski definition) is 3. The van der Waals surface area contributed by atoms with Gasteiger partial charge in [-0.1, -0.05) is 28.9 Å². The van der Waals surface area contributed by atoms with Crippen LogP contribution in [0.1, 0.15) is 29.8 Å². The van der Waals surface area contributed by atoms with Gasteiger partial charge in [-0.3, -0.25) is 4.98 Å². The van der Waals surface area contributed by atoms with Gasteiger partial charge in [0, 0.05) is 28.8 Å². The Morgan fingerprint density at radius 1 is 1.29 bits per heavy atom. The topological polar surface area (TPSA) is 34.1 Å². The lowest BCUT2D eigenvalue weighted by Crippen LogP contribution is -2.20. The van der Waals surface area contributed by atoms with Gasteiger partial charge in [-0.2, -0.15) is 0 Å². The lowest BCUT2D eigenvalue weighted by Gasteiger charge is -2.19. The van der Waals surface area contributed by atoms with Gasteiger partial charge in [0.15, 0.2) is 0 Å². The molecule has 21 heavy (non-hydrogen) atoms. The molecule has 0 aliphatic carbocycles. The highest BCUT2D eigenvalue weighted by molar-refractivity contribution is 9.10. The lowest BCUT2D eigenvalue weighted by molar-refractivity contribution is 0.413. The third-order valence-corrected chi connectivity index (χ3v) is 4.36. The van der Waals surface area contributed by atoms with Crippen LogP contribution in [0, 0.1) is 0 Å². The zero-order chi connectivity index (χ0) is 15.2. The summed E-state index contributed by atoms with van der Waals surface area (Å²) in [7, 11) is 3.66. The normalized spacial score (nSPS) is 12.2. The van der Waals surface area contributed by atoms with Crippen molar-refractivity contribution in [1.29, 1.82) is 0 Å². The molecular weight excluding hydrogens is 328 g/mol. The monoisotopic (exact) mass is 348 g/mol. The van der Waals surface area contributed by atoms with Gasteiger partial charge >= 0.3 is 0 Å². The number of aromatic nitrogens is 1. The molecule has 0 saturated carbocycles. The second-order valence-electron chi connectivity index (χ2n) is 4.94. The van der Waals surface area contributed by atoms with Crippen LogP contribution in [0.5, 0.6) is 5.75 Å². The average molecular weight is 349 g/mol. The molecule has 1 heterocycles. The Morgan fingerprint density at radius 3 is 2.67 bits per heavy atom. The Morgan fingerprint density at radius 2 is 2.10 bits per heavy atom. The number of benzene rings is 1. The van der Waals surface area contributed by atoms with Gasteiger partial charge in [0.25, 0.3) is 0 Å². The Hall–Kier alpha value is -1.39. The number of nitrogens with zero attached hydrogens (tertiary/aromatic N) is 1. The van der Waals surface area contributed by atoms with Crippen LogP contribution in [0.15, 0.2) is 41.0 Å². The second kappa shape index (κ2) is 7.57. The second-order valence-corrected chi connectivity index (χ2v) is 5.80. The number of rotatable bonds is 6. The maximum atomic E-state index is 5.32. The standard InChI is InChI=1S/C17H21BrN2O/c1-4-12-5-6-13(20-11-12)9-17(19-2)15-10-14(21-3)7-8-16(15)18/h5-8,10-11,17,19H,4,9H2,1-3H3. The fourth-order valence-electron chi connectivity index (χ4n) is 2.28. The average Bonchev–Trinajstić information content (AvgIpc) is 2.54. The van der Waals surface area contributed by atoms with Crippen molar-refractivity contribution in [3.05, 3.63) is 57.8 Å². The quantitative estimate of drug-likeness (QED) is 0.858. The molecule has 0 fully saturated rings. The molecule has 2 rings (SSSR count). The molecular formula is C17H21BrN2O. The van der Waals surface area contributed by atoms with E-state index in [0.717, 1.165) is 28.8 Å². The van der Waals surface area contributed by atoms with E-state index in [1.54, 1.807) is 7.11 Å². The molecule has 112 valence electrons. The summed E-state index contributed by atoms with van der Waals surface area (Å²) in [5.74, 6) is 0.864. The smallest absolute Gasteiger partial charge is 0.119 e. The van der Waals surface area contributed by atoms with Crippen LogP contribution >= 0.6 is 15.9 Å². The van der Waals surface area contributed by atoms with Gasteiger partial charge in [0.2, 0.25) is 0 Å². The van der Waals surface area contributed by atoms with Crippen LogP contribution in [-0.2, 0) is 12.8 Å². The maximum Gasteiger partial charge on any atom is 0.119 e. The highest BCUT2D eigenvalue weighted by Crippen LogP contribution is 2.29. The van der Waals surface area contributed by atoms with E-state index >= 15 is 0 Å². The summed E-state index contributed by atoms with van der Waals surface area (Å²) < 4.78 is 6.40. The van der Waals surface area contributed by atoms with Crippen molar-refractivity contribution in [3.63, 3.8) is 0 Å². The Labute approximate surface area is 134 Å². The Kier molecular flexibility index (Phi) is 5.76. The summed E-state index contributed by atoms with van der Waals surface area (Å²) in [6.45, 7) is 2.14. The SMILES string of the molecule is CCc1ccc(CC(NC)c2cc(OC)ccc2Br)nc1. The van der Waals surface area contributed by atoms with Crippen LogP contribution in [0.2, 0.25) is 0 Å². The van der Waals surface area contributed by atoms with Gasteiger partial charge in [-0.25, -0.2) is 0 Å². The number of aryl methyl sites for hydroxylation is 1. The molecule has 0 spiro atoms. The van der Waals surface area contributed by atoms with E-state index in [-0.39, 0.29) is 6.04 Å². The molecule has 0 radical (unpaired) electrons. The molecule has 0 aliphatic heterocycles. The summed E-state index contributed by atoms with van der Waals surface area (Å²) >= 11 is 3.62. The molecule has 0 saturated heterocycles.